The van der Waals surface area contributed by atoms with Crippen LogP contribution in [0.15, 0.2) is 0 Å². The number of hydrogen-bond donors (Lipinski definition) is 2. The monoisotopic (exact) mass is 266 g/mol. The lowest BCUT2D eigenvalue weighted by molar-refractivity contribution is -0.160. The smallest absolute Gasteiger partial charge is 0.254 e. The minimum absolute atomic E-state index is 0.0801. The Morgan fingerprint density at radius 1 is 1.00 bits per heavy atom. The summed E-state index contributed by atoms with van der Waals surface area (Å²) in [7, 11) is 0. The Kier molecular flexibility index (Phi) is 2.63. The average Bonchev–Trinajstić information content (AvgIpc) is 2.69. The summed E-state index contributed by atoms with van der Waals surface area (Å²) in [5.41, 5.74) is -1.16. The molecule has 3 fully saturated rings. The first kappa shape index (κ1) is 13.4. The molecule has 3 aliphatic rings. The highest BCUT2D eigenvalue weighted by Crippen LogP contribution is 2.47. The summed E-state index contributed by atoms with van der Waals surface area (Å²) in [4.78, 5) is 12.6. The molecule has 2 N–H and O–H groups in total. The summed E-state index contributed by atoms with van der Waals surface area (Å²) in [6.45, 7) is 8.63. The Morgan fingerprint density at radius 2 is 1.53 bits per heavy atom. The van der Waals surface area contributed by atoms with Gasteiger partial charge in [0.05, 0.1) is 0 Å². The van der Waals surface area contributed by atoms with E-state index in [1.807, 2.05) is 0 Å². The summed E-state index contributed by atoms with van der Waals surface area (Å²) >= 11 is 0. The molecule has 4 heteroatoms. The topological polar surface area (TPSA) is 50.4 Å². The third kappa shape index (κ3) is 2.19. The van der Waals surface area contributed by atoms with Crippen LogP contribution in [0.3, 0.4) is 0 Å². The van der Waals surface area contributed by atoms with E-state index in [0.717, 1.165) is 38.5 Å². The number of carbonyl (C=O) groups is 1. The van der Waals surface area contributed by atoms with Gasteiger partial charge in [-0.3, -0.25) is 4.79 Å². The lowest BCUT2D eigenvalue weighted by atomic mass is 9.72. The Bertz CT molecular complexity index is 392. The minimum Gasteiger partial charge on any atom is -0.339 e. The van der Waals surface area contributed by atoms with Gasteiger partial charge in [0.2, 0.25) is 0 Å². The molecule has 19 heavy (non-hydrogen) atoms. The molecule has 1 aliphatic carbocycles. The van der Waals surface area contributed by atoms with Crippen molar-refractivity contribution in [2.24, 2.45) is 0 Å². The third-order valence-electron chi connectivity index (χ3n) is 4.69. The standard InChI is InChI=1S/C15H26N2O2/c1-12(2)9-14(10-13(3,4)17-12)11(18)16-15(19-14)7-5-6-8-15/h17H,5-10H2,1-4H3,(H,16,18). The van der Waals surface area contributed by atoms with Crippen LogP contribution in [0.2, 0.25) is 0 Å². The number of rotatable bonds is 0. The normalized spacial score (nSPS) is 33.8. The maximum Gasteiger partial charge on any atom is 0.254 e. The lowest BCUT2D eigenvalue weighted by Gasteiger charge is -2.50. The van der Waals surface area contributed by atoms with Crippen molar-refractivity contribution in [1.29, 1.82) is 0 Å². The zero-order chi connectivity index (χ0) is 13.9. The predicted octanol–water partition coefficient (Wildman–Crippen LogP) is 2.08. The lowest BCUT2D eigenvalue weighted by Crippen LogP contribution is -2.65. The summed E-state index contributed by atoms with van der Waals surface area (Å²) in [5, 5.41) is 6.80. The first-order valence-electron chi connectivity index (χ1n) is 7.48. The molecule has 2 saturated heterocycles. The minimum atomic E-state index is -0.636. The van der Waals surface area contributed by atoms with E-state index < -0.39 is 5.60 Å². The van der Waals surface area contributed by atoms with E-state index in [1.54, 1.807) is 0 Å². The van der Waals surface area contributed by atoms with Crippen LogP contribution in [0.25, 0.3) is 0 Å². The fourth-order valence-corrected chi connectivity index (χ4v) is 4.67. The van der Waals surface area contributed by atoms with Crippen molar-refractivity contribution in [3.05, 3.63) is 0 Å². The maximum atomic E-state index is 12.6. The Hall–Kier alpha value is -0.610. The molecule has 0 atom stereocenters. The summed E-state index contributed by atoms with van der Waals surface area (Å²) in [5.74, 6) is 0.108. The van der Waals surface area contributed by atoms with Gasteiger partial charge in [-0.1, -0.05) is 0 Å². The molecular weight excluding hydrogens is 240 g/mol. The largest absolute Gasteiger partial charge is 0.339 e. The number of amides is 1. The Balaban J connectivity index is 1.92. The fourth-order valence-electron chi connectivity index (χ4n) is 4.67. The predicted molar refractivity (Wildman–Crippen MR) is 73.7 cm³/mol. The third-order valence-corrected chi connectivity index (χ3v) is 4.69. The van der Waals surface area contributed by atoms with Gasteiger partial charge in [-0.15, -0.1) is 0 Å². The van der Waals surface area contributed by atoms with Crippen molar-refractivity contribution in [1.82, 2.24) is 10.6 Å². The molecule has 3 rings (SSSR count). The van der Waals surface area contributed by atoms with E-state index in [9.17, 15) is 4.79 Å². The van der Waals surface area contributed by atoms with E-state index in [1.165, 1.54) is 0 Å². The molecule has 0 radical (unpaired) electrons. The van der Waals surface area contributed by atoms with Gasteiger partial charge in [0.25, 0.3) is 5.91 Å². The van der Waals surface area contributed by atoms with Gasteiger partial charge in [-0.05, 0) is 53.4 Å². The van der Waals surface area contributed by atoms with Gasteiger partial charge in [-0.2, -0.15) is 0 Å². The van der Waals surface area contributed by atoms with E-state index in [0.29, 0.717) is 0 Å². The van der Waals surface area contributed by atoms with Crippen LogP contribution in [0.1, 0.15) is 66.2 Å². The van der Waals surface area contributed by atoms with E-state index in [-0.39, 0.29) is 22.7 Å². The molecule has 4 nitrogen and oxygen atoms in total. The second-order valence-electron chi connectivity index (χ2n) is 8.00. The summed E-state index contributed by atoms with van der Waals surface area (Å²) < 4.78 is 6.42. The highest BCUT2D eigenvalue weighted by Gasteiger charge is 2.61. The number of nitrogens with one attached hydrogen (secondary N) is 2. The quantitative estimate of drug-likeness (QED) is 0.706. The molecule has 0 aromatic rings. The summed E-state index contributed by atoms with van der Waals surface area (Å²) in [6, 6.07) is 0. The number of carbonyl (C=O) groups excluding carboxylic acids is 1. The van der Waals surface area contributed by atoms with Crippen molar-refractivity contribution in [3.63, 3.8) is 0 Å². The van der Waals surface area contributed by atoms with Gasteiger partial charge in [0.1, 0.15) is 5.72 Å². The fraction of sp³-hybridized carbons (Fsp3) is 0.933. The molecule has 0 bridgehead atoms. The van der Waals surface area contributed by atoms with Gasteiger partial charge in [0.15, 0.2) is 5.60 Å². The Morgan fingerprint density at radius 3 is 2.05 bits per heavy atom. The van der Waals surface area contributed by atoms with Crippen LogP contribution < -0.4 is 10.6 Å². The molecule has 1 amide bonds. The van der Waals surface area contributed by atoms with Crippen molar-refractivity contribution < 1.29 is 9.53 Å². The maximum absolute atomic E-state index is 12.6. The van der Waals surface area contributed by atoms with Gasteiger partial charge >= 0.3 is 0 Å². The second-order valence-corrected chi connectivity index (χ2v) is 8.00. The zero-order valence-electron chi connectivity index (χ0n) is 12.6. The molecule has 0 aromatic carbocycles. The van der Waals surface area contributed by atoms with Crippen molar-refractivity contribution >= 4 is 5.91 Å². The molecule has 108 valence electrons. The van der Waals surface area contributed by atoms with Gasteiger partial charge in [0, 0.05) is 23.9 Å². The molecule has 2 spiro atoms. The van der Waals surface area contributed by atoms with E-state index in [4.69, 9.17) is 4.74 Å². The Labute approximate surface area is 115 Å². The molecule has 2 aliphatic heterocycles. The number of piperidine rings is 1. The van der Waals surface area contributed by atoms with Crippen molar-refractivity contribution in [2.75, 3.05) is 0 Å². The van der Waals surface area contributed by atoms with Gasteiger partial charge < -0.3 is 15.4 Å². The van der Waals surface area contributed by atoms with Crippen LogP contribution in [0.4, 0.5) is 0 Å². The van der Waals surface area contributed by atoms with Crippen LogP contribution in [0.5, 0.6) is 0 Å². The molecule has 2 heterocycles. The molecule has 0 aromatic heterocycles. The SMILES string of the molecule is CC1(C)CC2(CC(C)(C)N1)OC1(CCCC1)NC2=O. The molecular formula is C15H26N2O2. The van der Waals surface area contributed by atoms with Crippen LogP contribution in [0, 0.1) is 0 Å². The van der Waals surface area contributed by atoms with Crippen molar-refractivity contribution in [2.45, 2.75) is 88.6 Å². The number of ether oxygens (including phenoxy) is 1. The average molecular weight is 266 g/mol. The summed E-state index contributed by atoms with van der Waals surface area (Å²) in [6.07, 6.45) is 5.74. The first-order chi connectivity index (χ1) is 8.66. The number of hydrogen-bond acceptors (Lipinski definition) is 3. The van der Waals surface area contributed by atoms with E-state index in [2.05, 4.69) is 38.3 Å². The zero-order valence-corrected chi connectivity index (χ0v) is 12.6. The highest BCUT2D eigenvalue weighted by atomic mass is 16.6. The highest BCUT2D eigenvalue weighted by molar-refractivity contribution is 5.88. The van der Waals surface area contributed by atoms with Crippen LogP contribution in [-0.2, 0) is 9.53 Å². The second kappa shape index (κ2) is 3.73. The van der Waals surface area contributed by atoms with E-state index >= 15 is 0 Å². The molecule has 1 saturated carbocycles. The van der Waals surface area contributed by atoms with Crippen LogP contribution >= 0.6 is 0 Å². The first-order valence-corrected chi connectivity index (χ1v) is 7.48. The van der Waals surface area contributed by atoms with Crippen LogP contribution in [-0.4, -0.2) is 28.3 Å². The van der Waals surface area contributed by atoms with Gasteiger partial charge in [-0.25, -0.2) is 0 Å². The molecule has 0 unspecified atom stereocenters. The van der Waals surface area contributed by atoms with Crippen molar-refractivity contribution in [3.8, 4) is 0 Å².